The van der Waals surface area contributed by atoms with E-state index in [0.29, 0.717) is 16.2 Å². The number of nitrogens with two attached hydrogens (primary N) is 1. The van der Waals surface area contributed by atoms with Gasteiger partial charge in [-0.25, -0.2) is 4.39 Å². The Kier molecular flexibility index (Phi) is 5.25. The maximum absolute atomic E-state index is 14.3. The highest BCUT2D eigenvalue weighted by atomic mass is 79.9. The number of hydrogen-bond acceptors (Lipinski definition) is 3. The number of halogens is 2. The number of aryl methyl sites for hydroxylation is 1. The van der Waals surface area contributed by atoms with Crippen molar-refractivity contribution in [1.29, 1.82) is 0 Å². The van der Waals surface area contributed by atoms with Gasteiger partial charge in [0.05, 0.1) is 4.47 Å². The van der Waals surface area contributed by atoms with E-state index in [1.54, 1.807) is 12.1 Å². The molecule has 21 heavy (non-hydrogen) atoms. The summed E-state index contributed by atoms with van der Waals surface area (Å²) in [5.74, 6) is 0.140. The van der Waals surface area contributed by atoms with Gasteiger partial charge in [-0.1, -0.05) is 35.0 Å². The van der Waals surface area contributed by atoms with Crippen molar-refractivity contribution in [2.24, 2.45) is 10.9 Å². The Morgan fingerprint density at radius 2 is 2.14 bits per heavy atom. The van der Waals surface area contributed by atoms with Crippen LogP contribution >= 0.6 is 27.7 Å². The summed E-state index contributed by atoms with van der Waals surface area (Å²) in [6, 6.07) is 11.4. The smallest absolute Gasteiger partial charge is 0.171 e. The molecule has 6 heteroatoms. The van der Waals surface area contributed by atoms with E-state index >= 15 is 0 Å². The van der Waals surface area contributed by atoms with Crippen molar-refractivity contribution in [3.8, 4) is 0 Å². The Balaban J connectivity index is 2.20. The van der Waals surface area contributed by atoms with Crippen molar-refractivity contribution in [2.75, 3.05) is 0 Å². The minimum absolute atomic E-state index is 0.129. The van der Waals surface area contributed by atoms with Crippen LogP contribution in [0.3, 0.4) is 0 Å². The second-order valence-corrected chi connectivity index (χ2v) is 6.31. The van der Waals surface area contributed by atoms with Crippen LogP contribution in [0.15, 0.2) is 50.9 Å². The monoisotopic (exact) mass is 368 g/mol. The molecule has 110 valence electrons. The van der Waals surface area contributed by atoms with Gasteiger partial charge in [0.2, 0.25) is 0 Å². The van der Waals surface area contributed by atoms with Crippen LogP contribution in [-0.2, 0) is 5.75 Å². The van der Waals surface area contributed by atoms with Gasteiger partial charge in [0.15, 0.2) is 11.7 Å². The predicted octanol–water partition coefficient (Wildman–Crippen LogP) is 4.28. The molecule has 0 heterocycles. The molecule has 0 saturated carbocycles. The number of rotatable bonds is 4. The number of nitrogens with zero attached hydrogens (tertiary/aromatic N) is 1. The summed E-state index contributed by atoms with van der Waals surface area (Å²) in [5.41, 5.74) is 8.13. The van der Waals surface area contributed by atoms with Gasteiger partial charge in [0.1, 0.15) is 0 Å². The first-order chi connectivity index (χ1) is 10.0. The molecule has 0 aromatic heterocycles. The summed E-state index contributed by atoms with van der Waals surface area (Å²) in [6.45, 7) is 2.02. The molecule has 0 atom stereocenters. The topological polar surface area (TPSA) is 58.6 Å². The lowest BCUT2D eigenvalue weighted by atomic mass is 10.2. The van der Waals surface area contributed by atoms with Crippen LogP contribution in [-0.4, -0.2) is 11.0 Å². The molecule has 3 N–H and O–H groups in total. The van der Waals surface area contributed by atoms with E-state index in [-0.39, 0.29) is 10.3 Å². The molecule has 0 fully saturated rings. The van der Waals surface area contributed by atoms with Crippen molar-refractivity contribution in [2.45, 2.75) is 17.6 Å². The van der Waals surface area contributed by atoms with Crippen LogP contribution in [0.2, 0.25) is 0 Å². The zero-order chi connectivity index (χ0) is 15.4. The van der Waals surface area contributed by atoms with E-state index in [1.807, 2.05) is 25.1 Å². The van der Waals surface area contributed by atoms with Crippen molar-refractivity contribution in [3.63, 3.8) is 0 Å². The van der Waals surface area contributed by atoms with Gasteiger partial charge in [0.25, 0.3) is 0 Å². The standard InChI is InChI=1S/C15H14BrFN2OS/c1-9-3-2-4-10(7-9)8-21-12-6-5-11(15(18)19-20)13(16)14(12)17/h2-7,20H,8H2,1H3,(H2,18,19). The number of amidine groups is 1. The van der Waals surface area contributed by atoms with Crippen molar-refractivity contribution in [3.05, 3.63) is 63.4 Å². The summed E-state index contributed by atoms with van der Waals surface area (Å²) < 4.78 is 14.5. The van der Waals surface area contributed by atoms with Crippen molar-refractivity contribution >= 4 is 33.5 Å². The first-order valence-electron chi connectivity index (χ1n) is 6.17. The fourth-order valence-corrected chi connectivity index (χ4v) is 3.43. The molecule has 2 aromatic rings. The average molecular weight is 369 g/mol. The summed E-state index contributed by atoms with van der Waals surface area (Å²) in [4.78, 5) is 0.512. The minimum Gasteiger partial charge on any atom is -0.409 e. The maximum Gasteiger partial charge on any atom is 0.171 e. The van der Waals surface area contributed by atoms with Crippen LogP contribution in [0, 0.1) is 12.7 Å². The van der Waals surface area contributed by atoms with Gasteiger partial charge in [-0.2, -0.15) is 0 Å². The fourth-order valence-electron chi connectivity index (χ4n) is 1.86. The summed E-state index contributed by atoms with van der Waals surface area (Å²) in [7, 11) is 0. The molecule has 0 aliphatic carbocycles. The quantitative estimate of drug-likeness (QED) is 0.278. The number of thioether (sulfide) groups is 1. The molecule has 0 aliphatic heterocycles. The Labute approximate surface area is 135 Å². The van der Waals surface area contributed by atoms with Gasteiger partial charge < -0.3 is 10.9 Å². The second kappa shape index (κ2) is 6.95. The third-order valence-corrected chi connectivity index (χ3v) is 4.79. The van der Waals surface area contributed by atoms with Gasteiger partial charge >= 0.3 is 0 Å². The average Bonchev–Trinajstić information content (AvgIpc) is 2.48. The Morgan fingerprint density at radius 1 is 1.38 bits per heavy atom. The van der Waals surface area contributed by atoms with Crippen LogP contribution in [0.25, 0.3) is 0 Å². The summed E-state index contributed by atoms with van der Waals surface area (Å²) in [6.07, 6.45) is 0. The van der Waals surface area contributed by atoms with E-state index in [0.717, 1.165) is 5.56 Å². The van der Waals surface area contributed by atoms with Crippen LogP contribution in [0.1, 0.15) is 16.7 Å². The third-order valence-electron chi connectivity index (χ3n) is 2.91. The molecule has 0 radical (unpaired) electrons. The number of benzene rings is 2. The molecule has 0 unspecified atom stereocenters. The summed E-state index contributed by atoms with van der Waals surface area (Å²) in [5, 5.41) is 11.5. The fraction of sp³-hybridized carbons (Fsp3) is 0.133. The minimum atomic E-state index is -0.406. The lowest BCUT2D eigenvalue weighted by Gasteiger charge is -2.09. The van der Waals surface area contributed by atoms with E-state index in [9.17, 15) is 4.39 Å². The molecule has 0 aliphatic rings. The molecule has 2 rings (SSSR count). The predicted molar refractivity (Wildman–Crippen MR) is 87.4 cm³/mol. The van der Waals surface area contributed by atoms with Gasteiger partial charge in [0, 0.05) is 16.2 Å². The lowest BCUT2D eigenvalue weighted by molar-refractivity contribution is 0.318. The van der Waals surface area contributed by atoms with Gasteiger partial charge in [-0.3, -0.25) is 0 Å². The zero-order valence-electron chi connectivity index (χ0n) is 11.3. The summed E-state index contributed by atoms with van der Waals surface area (Å²) >= 11 is 4.55. The molecule has 3 nitrogen and oxygen atoms in total. The Bertz CT molecular complexity index is 691. The van der Waals surface area contributed by atoms with Gasteiger partial charge in [-0.05, 0) is 40.5 Å². The first kappa shape index (κ1) is 15.9. The zero-order valence-corrected chi connectivity index (χ0v) is 13.7. The van der Waals surface area contributed by atoms with E-state index < -0.39 is 5.82 Å². The lowest BCUT2D eigenvalue weighted by Crippen LogP contribution is -2.14. The third kappa shape index (κ3) is 3.77. The number of oxime groups is 1. The van der Waals surface area contributed by atoms with Crippen LogP contribution in [0.4, 0.5) is 4.39 Å². The molecule has 0 saturated heterocycles. The Hall–Kier alpha value is -1.53. The molecular formula is C15H14BrFN2OS. The van der Waals surface area contributed by atoms with Gasteiger partial charge in [-0.15, -0.1) is 11.8 Å². The molecule has 0 spiro atoms. The molecule has 2 aromatic carbocycles. The van der Waals surface area contributed by atoms with E-state index in [4.69, 9.17) is 10.9 Å². The van der Waals surface area contributed by atoms with E-state index in [1.165, 1.54) is 17.3 Å². The Morgan fingerprint density at radius 3 is 2.81 bits per heavy atom. The number of hydrogen-bond donors (Lipinski definition) is 2. The van der Waals surface area contributed by atoms with E-state index in [2.05, 4.69) is 27.2 Å². The SMILES string of the molecule is Cc1cccc(CSc2ccc(/C(N)=N/O)c(Br)c2F)c1. The largest absolute Gasteiger partial charge is 0.409 e. The van der Waals surface area contributed by atoms with Crippen LogP contribution < -0.4 is 5.73 Å². The highest BCUT2D eigenvalue weighted by Gasteiger charge is 2.14. The first-order valence-corrected chi connectivity index (χ1v) is 7.95. The molecular weight excluding hydrogens is 355 g/mol. The normalized spacial score (nSPS) is 11.7. The van der Waals surface area contributed by atoms with Crippen LogP contribution in [0.5, 0.6) is 0 Å². The van der Waals surface area contributed by atoms with Crippen molar-refractivity contribution in [1.82, 2.24) is 0 Å². The highest BCUT2D eigenvalue weighted by Crippen LogP contribution is 2.32. The molecule has 0 bridgehead atoms. The second-order valence-electron chi connectivity index (χ2n) is 4.50. The maximum atomic E-state index is 14.3. The molecule has 0 amide bonds. The highest BCUT2D eigenvalue weighted by molar-refractivity contribution is 9.10. The van der Waals surface area contributed by atoms with Crippen molar-refractivity contribution < 1.29 is 9.60 Å².